The molecule has 0 fully saturated rings. The lowest BCUT2D eigenvalue weighted by molar-refractivity contribution is -0.138. The SMILES string of the molecule is CSNc1ccc(Br)c(C(F)(F)F)c1. The number of halogens is 4. The highest BCUT2D eigenvalue weighted by Gasteiger charge is 2.33. The first kappa shape index (κ1) is 11.7. The van der Waals surface area contributed by atoms with Gasteiger partial charge in [-0.15, -0.1) is 0 Å². The first-order valence-corrected chi connectivity index (χ1v) is 5.62. The maximum Gasteiger partial charge on any atom is 0.417 e. The molecule has 0 radical (unpaired) electrons. The molecule has 1 N–H and O–H groups in total. The van der Waals surface area contributed by atoms with E-state index in [0.29, 0.717) is 5.69 Å². The molecule has 0 spiro atoms. The van der Waals surface area contributed by atoms with E-state index in [0.717, 1.165) is 6.07 Å². The monoisotopic (exact) mass is 285 g/mol. The van der Waals surface area contributed by atoms with Crippen molar-refractivity contribution in [2.45, 2.75) is 6.18 Å². The van der Waals surface area contributed by atoms with Crippen LogP contribution in [0.25, 0.3) is 0 Å². The van der Waals surface area contributed by atoms with Gasteiger partial charge in [-0.05, 0) is 18.2 Å². The Kier molecular flexibility index (Phi) is 3.71. The Morgan fingerprint density at radius 1 is 1.36 bits per heavy atom. The van der Waals surface area contributed by atoms with Crippen LogP contribution >= 0.6 is 27.9 Å². The molecule has 1 aromatic carbocycles. The van der Waals surface area contributed by atoms with Crippen molar-refractivity contribution >= 4 is 33.6 Å². The van der Waals surface area contributed by atoms with Gasteiger partial charge in [0.2, 0.25) is 0 Å². The maximum atomic E-state index is 12.4. The van der Waals surface area contributed by atoms with Gasteiger partial charge in [0, 0.05) is 16.4 Å². The molecule has 0 atom stereocenters. The van der Waals surface area contributed by atoms with E-state index in [1.54, 1.807) is 12.3 Å². The summed E-state index contributed by atoms with van der Waals surface area (Å²) < 4.78 is 40.0. The predicted octanol–water partition coefficient (Wildman–Crippen LogP) is 4.16. The van der Waals surface area contributed by atoms with Crippen LogP contribution in [0.15, 0.2) is 22.7 Å². The van der Waals surface area contributed by atoms with Crippen molar-refractivity contribution < 1.29 is 13.2 Å². The van der Waals surface area contributed by atoms with Crippen molar-refractivity contribution in [2.75, 3.05) is 11.0 Å². The van der Waals surface area contributed by atoms with Crippen molar-refractivity contribution in [1.29, 1.82) is 0 Å². The lowest BCUT2D eigenvalue weighted by Crippen LogP contribution is -2.06. The summed E-state index contributed by atoms with van der Waals surface area (Å²) >= 11 is 4.11. The fourth-order valence-electron chi connectivity index (χ4n) is 0.924. The van der Waals surface area contributed by atoms with Gasteiger partial charge in [0.1, 0.15) is 0 Å². The number of rotatable bonds is 2. The molecule has 0 saturated carbocycles. The number of hydrogen-bond acceptors (Lipinski definition) is 2. The van der Waals surface area contributed by atoms with Gasteiger partial charge < -0.3 is 4.72 Å². The quantitative estimate of drug-likeness (QED) is 0.819. The van der Waals surface area contributed by atoms with E-state index in [1.807, 2.05) is 0 Å². The van der Waals surface area contributed by atoms with Crippen LogP contribution in [0, 0.1) is 0 Å². The van der Waals surface area contributed by atoms with Gasteiger partial charge in [-0.25, -0.2) is 0 Å². The highest BCUT2D eigenvalue weighted by molar-refractivity contribution is 9.10. The fourth-order valence-corrected chi connectivity index (χ4v) is 1.76. The van der Waals surface area contributed by atoms with Crippen molar-refractivity contribution in [3.63, 3.8) is 0 Å². The molecule has 0 amide bonds. The third kappa shape index (κ3) is 2.81. The topological polar surface area (TPSA) is 12.0 Å². The Labute approximate surface area is 92.3 Å². The van der Waals surface area contributed by atoms with Crippen LogP contribution < -0.4 is 4.72 Å². The standard InChI is InChI=1S/C8H7BrF3NS/c1-14-13-5-2-3-7(9)6(4-5)8(10,11)12/h2-4,13H,1H3. The van der Waals surface area contributed by atoms with E-state index in [-0.39, 0.29) is 4.47 Å². The minimum Gasteiger partial charge on any atom is -0.330 e. The normalized spacial score (nSPS) is 11.5. The number of alkyl halides is 3. The summed E-state index contributed by atoms with van der Waals surface area (Å²) in [5.74, 6) is 0. The molecule has 0 aliphatic carbocycles. The Morgan fingerprint density at radius 3 is 2.50 bits per heavy atom. The summed E-state index contributed by atoms with van der Waals surface area (Å²) in [7, 11) is 0. The summed E-state index contributed by atoms with van der Waals surface area (Å²) in [5, 5.41) is 0. The molecular formula is C8H7BrF3NS. The summed E-state index contributed by atoms with van der Waals surface area (Å²) in [6.07, 6.45) is -2.58. The Morgan fingerprint density at radius 2 is 2.00 bits per heavy atom. The highest BCUT2D eigenvalue weighted by atomic mass is 79.9. The zero-order valence-electron chi connectivity index (χ0n) is 7.15. The highest BCUT2D eigenvalue weighted by Crippen LogP contribution is 2.36. The fraction of sp³-hybridized carbons (Fsp3) is 0.250. The van der Waals surface area contributed by atoms with E-state index in [1.165, 1.54) is 18.0 Å². The lowest BCUT2D eigenvalue weighted by Gasteiger charge is -2.11. The van der Waals surface area contributed by atoms with Crippen LogP contribution in [-0.4, -0.2) is 6.26 Å². The smallest absolute Gasteiger partial charge is 0.330 e. The summed E-state index contributed by atoms with van der Waals surface area (Å²) in [4.78, 5) is 0. The molecule has 0 unspecified atom stereocenters. The number of hydrogen-bond donors (Lipinski definition) is 1. The molecule has 1 aromatic rings. The average molecular weight is 286 g/mol. The second-order valence-electron chi connectivity index (χ2n) is 2.50. The van der Waals surface area contributed by atoms with Crippen molar-refractivity contribution in [2.24, 2.45) is 0 Å². The Balaban J connectivity index is 3.09. The van der Waals surface area contributed by atoms with E-state index >= 15 is 0 Å². The Bertz CT molecular complexity index is 327. The van der Waals surface area contributed by atoms with E-state index < -0.39 is 11.7 Å². The van der Waals surface area contributed by atoms with Crippen LogP contribution in [0.2, 0.25) is 0 Å². The molecular weight excluding hydrogens is 279 g/mol. The zero-order valence-corrected chi connectivity index (χ0v) is 9.55. The molecule has 0 saturated heterocycles. The van der Waals surface area contributed by atoms with Gasteiger partial charge in [0.15, 0.2) is 0 Å². The number of nitrogens with one attached hydrogen (secondary N) is 1. The third-order valence-electron chi connectivity index (χ3n) is 1.49. The van der Waals surface area contributed by atoms with Crippen LogP contribution in [-0.2, 0) is 6.18 Å². The molecule has 14 heavy (non-hydrogen) atoms. The second kappa shape index (κ2) is 4.44. The van der Waals surface area contributed by atoms with E-state index in [4.69, 9.17) is 0 Å². The molecule has 0 aliphatic heterocycles. The van der Waals surface area contributed by atoms with Crippen molar-refractivity contribution in [3.8, 4) is 0 Å². The van der Waals surface area contributed by atoms with Gasteiger partial charge in [0.25, 0.3) is 0 Å². The summed E-state index contributed by atoms with van der Waals surface area (Å²) in [6, 6.07) is 4.03. The summed E-state index contributed by atoms with van der Waals surface area (Å²) in [5.41, 5.74) is -0.232. The van der Waals surface area contributed by atoms with Gasteiger partial charge in [0.05, 0.1) is 5.56 Å². The van der Waals surface area contributed by atoms with E-state index in [2.05, 4.69) is 20.7 Å². The van der Waals surface area contributed by atoms with Gasteiger partial charge >= 0.3 is 6.18 Å². The van der Waals surface area contributed by atoms with E-state index in [9.17, 15) is 13.2 Å². The molecule has 0 bridgehead atoms. The van der Waals surface area contributed by atoms with Crippen LogP contribution in [0.4, 0.5) is 18.9 Å². The number of benzene rings is 1. The third-order valence-corrected chi connectivity index (χ3v) is 2.62. The van der Waals surface area contributed by atoms with Gasteiger partial charge in [-0.2, -0.15) is 13.2 Å². The molecule has 6 heteroatoms. The largest absolute Gasteiger partial charge is 0.417 e. The lowest BCUT2D eigenvalue weighted by atomic mass is 10.2. The molecule has 0 aliphatic rings. The average Bonchev–Trinajstić information content (AvgIpc) is 2.07. The van der Waals surface area contributed by atoms with Crippen molar-refractivity contribution in [3.05, 3.63) is 28.2 Å². The molecule has 1 rings (SSSR count). The van der Waals surface area contributed by atoms with Gasteiger partial charge in [-0.3, -0.25) is 0 Å². The molecule has 78 valence electrons. The van der Waals surface area contributed by atoms with Gasteiger partial charge in [-0.1, -0.05) is 27.9 Å². The number of anilines is 1. The zero-order chi connectivity index (χ0) is 10.8. The predicted molar refractivity (Wildman–Crippen MR) is 56.3 cm³/mol. The first-order valence-electron chi connectivity index (χ1n) is 3.61. The van der Waals surface area contributed by atoms with Crippen LogP contribution in [0.1, 0.15) is 5.56 Å². The minimum absolute atomic E-state index is 0.0525. The van der Waals surface area contributed by atoms with Crippen LogP contribution in [0.3, 0.4) is 0 Å². The Hall–Kier alpha value is -0.360. The maximum absolute atomic E-state index is 12.4. The molecule has 0 heterocycles. The van der Waals surface area contributed by atoms with Crippen LogP contribution in [0.5, 0.6) is 0 Å². The first-order chi connectivity index (χ1) is 6.45. The summed E-state index contributed by atoms with van der Waals surface area (Å²) in [6.45, 7) is 0. The van der Waals surface area contributed by atoms with Crippen molar-refractivity contribution in [1.82, 2.24) is 0 Å². The molecule has 0 aromatic heterocycles. The molecule has 1 nitrogen and oxygen atoms in total. The second-order valence-corrected chi connectivity index (χ2v) is 3.97. The minimum atomic E-state index is -4.32.